The van der Waals surface area contributed by atoms with Crippen LogP contribution in [0.2, 0.25) is 0 Å². The van der Waals surface area contributed by atoms with Gasteiger partial charge in [0.2, 0.25) is 0 Å². The number of nitrogens with zero attached hydrogens (tertiary/aromatic N) is 2. The van der Waals surface area contributed by atoms with Gasteiger partial charge in [0.15, 0.2) is 0 Å². The first-order valence-electron chi connectivity index (χ1n) is 6.80. The monoisotopic (exact) mass is 301 g/mol. The maximum Gasteiger partial charge on any atom is 0.304 e. The van der Waals surface area contributed by atoms with Crippen molar-refractivity contribution in [2.75, 3.05) is 30.5 Å². The fraction of sp³-hybridized carbons (Fsp3) is 0.538. The van der Waals surface area contributed by atoms with E-state index >= 15 is 0 Å². The van der Waals surface area contributed by atoms with Crippen LogP contribution < -0.4 is 10.0 Å². The van der Waals surface area contributed by atoms with E-state index in [4.69, 9.17) is 5.73 Å². The minimum atomic E-state index is -3.68. The van der Waals surface area contributed by atoms with Crippen molar-refractivity contribution in [3.63, 3.8) is 0 Å². The fourth-order valence-electron chi connectivity index (χ4n) is 2.31. The molecule has 0 spiro atoms. The molecule has 1 fully saturated rings. The molecule has 0 unspecified atom stereocenters. The van der Waals surface area contributed by atoms with Crippen molar-refractivity contribution in [1.29, 1.82) is 0 Å². The van der Waals surface area contributed by atoms with Gasteiger partial charge in [-0.25, -0.2) is 4.39 Å². The highest BCUT2D eigenvalue weighted by Gasteiger charge is 2.32. The van der Waals surface area contributed by atoms with Gasteiger partial charge in [0, 0.05) is 19.6 Å². The average Bonchev–Trinajstić information content (AvgIpc) is 2.95. The van der Waals surface area contributed by atoms with E-state index in [1.807, 2.05) is 0 Å². The quantitative estimate of drug-likeness (QED) is 0.862. The summed E-state index contributed by atoms with van der Waals surface area (Å²) in [6.45, 7) is 1.54. The van der Waals surface area contributed by atoms with Crippen LogP contribution in [-0.4, -0.2) is 38.9 Å². The van der Waals surface area contributed by atoms with E-state index in [9.17, 15) is 12.8 Å². The van der Waals surface area contributed by atoms with E-state index in [1.54, 1.807) is 12.1 Å². The summed E-state index contributed by atoms with van der Waals surface area (Å²) < 4.78 is 41.8. The first kappa shape index (κ1) is 15.2. The molecule has 1 saturated heterocycles. The van der Waals surface area contributed by atoms with Gasteiger partial charge in [0.1, 0.15) is 5.82 Å². The number of halogens is 1. The fourth-order valence-corrected chi connectivity index (χ4v) is 4.06. The van der Waals surface area contributed by atoms with Crippen molar-refractivity contribution < 1.29 is 12.8 Å². The van der Waals surface area contributed by atoms with Crippen LogP contribution >= 0.6 is 0 Å². The van der Waals surface area contributed by atoms with Gasteiger partial charge in [0.05, 0.1) is 5.69 Å². The molecule has 0 aliphatic carbocycles. The van der Waals surface area contributed by atoms with Crippen molar-refractivity contribution in [2.45, 2.75) is 19.3 Å². The molecule has 0 bridgehead atoms. The molecule has 0 amide bonds. The highest BCUT2D eigenvalue weighted by molar-refractivity contribution is 7.90. The molecule has 0 aromatic heterocycles. The molecule has 2 N–H and O–H groups in total. The average molecular weight is 301 g/mol. The van der Waals surface area contributed by atoms with Gasteiger partial charge in [-0.1, -0.05) is 12.1 Å². The summed E-state index contributed by atoms with van der Waals surface area (Å²) in [7, 11) is -3.68. The molecular weight excluding hydrogens is 281 g/mol. The Morgan fingerprint density at radius 2 is 1.90 bits per heavy atom. The van der Waals surface area contributed by atoms with E-state index in [0.29, 0.717) is 26.1 Å². The Morgan fingerprint density at radius 1 is 1.25 bits per heavy atom. The van der Waals surface area contributed by atoms with Gasteiger partial charge in [-0.05, 0) is 37.9 Å². The Bertz CT molecular complexity index is 544. The first-order chi connectivity index (χ1) is 9.57. The lowest BCUT2D eigenvalue weighted by Gasteiger charge is -2.29. The summed E-state index contributed by atoms with van der Waals surface area (Å²) in [6.07, 6.45) is 2.18. The highest BCUT2D eigenvalue weighted by Crippen LogP contribution is 2.25. The van der Waals surface area contributed by atoms with Crippen LogP contribution in [0, 0.1) is 5.82 Å². The summed E-state index contributed by atoms with van der Waals surface area (Å²) in [5, 5.41) is 0. The lowest BCUT2D eigenvalue weighted by Crippen LogP contribution is -2.43. The van der Waals surface area contributed by atoms with Gasteiger partial charge in [-0.3, -0.25) is 4.31 Å². The number of nitrogens with two attached hydrogens (primary N) is 1. The third-order valence-electron chi connectivity index (χ3n) is 3.36. The Kier molecular flexibility index (Phi) is 4.95. The minimum absolute atomic E-state index is 0.0906. The lowest BCUT2D eigenvalue weighted by atomic mass is 10.3. The zero-order valence-corrected chi connectivity index (χ0v) is 12.2. The zero-order chi connectivity index (χ0) is 14.6. The molecule has 1 aromatic rings. The molecule has 2 rings (SSSR count). The van der Waals surface area contributed by atoms with Crippen molar-refractivity contribution in [3.05, 3.63) is 30.1 Å². The van der Waals surface area contributed by atoms with Crippen molar-refractivity contribution in [1.82, 2.24) is 4.31 Å². The number of rotatable bonds is 6. The SMILES string of the molecule is NCCCN(c1ccccc1F)S(=O)(=O)N1CCCC1. The number of para-hydroxylation sites is 1. The topological polar surface area (TPSA) is 66.6 Å². The second-order valence-corrected chi connectivity index (χ2v) is 6.63. The molecule has 0 radical (unpaired) electrons. The predicted octanol–water partition coefficient (Wildman–Crippen LogP) is 1.32. The number of anilines is 1. The molecule has 7 heteroatoms. The molecule has 20 heavy (non-hydrogen) atoms. The number of benzene rings is 1. The van der Waals surface area contributed by atoms with Gasteiger partial charge < -0.3 is 5.73 Å². The molecule has 1 aromatic carbocycles. The normalized spacial score (nSPS) is 16.5. The number of hydrogen-bond acceptors (Lipinski definition) is 3. The molecule has 0 atom stereocenters. The third-order valence-corrected chi connectivity index (χ3v) is 5.31. The van der Waals surface area contributed by atoms with Crippen LogP contribution in [0.25, 0.3) is 0 Å². The molecule has 1 aliphatic rings. The maximum atomic E-state index is 13.9. The van der Waals surface area contributed by atoms with Crippen LogP contribution in [0.5, 0.6) is 0 Å². The van der Waals surface area contributed by atoms with Crippen molar-refractivity contribution in [3.8, 4) is 0 Å². The van der Waals surface area contributed by atoms with E-state index in [2.05, 4.69) is 0 Å². The van der Waals surface area contributed by atoms with Gasteiger partial charge in [-0.2, -0.15) is 12.7 Å². The molecule has 112 valence electrons. The van der Waals surface area contributed by atoms with Gasteiger partial charge in [-0.15, -0.1) is 0 Å². The predicted molar refractivity (Wildman–Crippen MR) is 77.1 cm³/mol. The lowest BCUT2D eigenvalue weighted by molar-refractivity contribution is 0.471. The summed E-state index contributed by atoms with van der Waals surface area (Å²) in [5.74, 6) is -0.535. The smallest absolute Gasteiger partial charge is 0.304 e. The van der Waals surface area contributed by atoms with Gasteiger partial charge in [0.25, 0.3) is 0 Å². The summed E-state index contributed by atoms with van der Waals surface area (Å²) in [4.78, 5) is 0. The first-order valence-corrected chi connectivity index (χ1v) is 8.19. The molecular formula is C13H20FN3O2S. The Labute approximate surface area is 119 Å². The maximum absolute atomic E-state index is 13.9. The van der Waals surface area contributed by atoms with Crippen LogP contribution in [0.3, 0.4) is 0 Å². The third kappa shape index (κ3) is 3.11. The Balaban J connectivity index is 2.34. The summed E-state index contributed by atoms with van der Waals surface area (Å²) >= 11 is 0. The Hall–Kier alpha value is -1.18. The van der Waals surface area contributed by atoms with Crippen molar-refractivity contribution >= 4 is 15.9 Å². The molecule has 5 nitrogen and oxygen atoms in total. The second-order valence-electron chi connectivity index (χ2n) is 4.78. The number of hydrogen-bond donors (Lipinski definition) is 1. The van der Waals surface area contributed by atoms with E-state index < -0.39 is 16.0 Å². The summed E-state index contributed by atoms with van der Waals surface area (Å²) in [6, 6.07) is 5.93. The highest BCUT2D eigenvalue weighted by atomic mass is 32.2. The molecule has 0 saturated carbocycles. The minimum Gasteiger partial charge on any atom is -0.330 e. The van der Waals surface area contributed by atoms with Crippen LogP contribution in [0.1, 0.15) is 19.3 Å². The molecule has 1 heterocycles. The standard InChI is InChI=1S/C13H20FN3O2S/c14-12-6-1-2-7-13(12)17(11-5-8-15)20(18,19)16-9-3-4-10-16/h1-2,6-7H,3-5,8-11,15H2. The zero-order valence-electron chi connectivity index (χ0n) is 11.3. The second kappa shape index (κ2) is 6.51. The summed E-state index contributed by atoms with van der Waals surface area (Å²) in [5.41, 5.74) is 5.55. The van der Waals surface area contributed by atoms with E-state index in [0.717, 1.165) is 17.1 Å². The van der Waals surface area contributed by atoms with E-state index in [-0.39, 0.29) is 12.2 Å². The van der Waals surface area contributed by atoms with Crippen molar-refractivity contribution in [2.24, 2.45) is 5.73 Å². The van der Waals surface area contributed by atoms with Crippen LogP contribution in [-0.2, 0) is 10.2 Å². The van der Waals surface area contributed by atoms with E-state index in [1.165, 1.54) is 16.4 Å². The van der Waals surface area contributed by atoms with Crippen LogP contribution in [0.15, 0.2) is 24.3 Å². The Morgan fingerprint density at radius 3 is 2.50 bits per heavy atom. The molecule has 1 aliphatic heterocycles. The largest absolute Gasteiger partial charge is 0.330 e. The van der Waals surface area contributed by atoms with Crippen LogP contribution in [0.4, 0.5) is 10.1 Å². The van der Waals surface area contributed by atoms with Gasteiger partial charge >= 0.3 is 10.2 Å².